The Hall–Kier alpha value is -1.76. The molecule has 3 rings (SSSR count). The number of halogens is 1. The van der Waals surface area contributed by atoms with E-state index in [1.165, 1.54) is 11.8 Å². The Morgan fingerprint density at radius 1 is 1.33 bits per heavy atom. The van der Waals surface area contributed by atoms with Gasteiger partial charge in [0.05, 0.1) is 5.69 Å². The van der Waals surface area contributed by atoms with Crippen molar-refractivity contribution in [1.82, 2.24) is 14.6 Å². The highest BCUT2D eigenvalue weighted by atomic mass is 35.5. The van der Waals surface area contributed by atoms with Crippen LogP contribution in [0.25, 0.3) is 5.65 Å². The molecule has 0 aliphatic carbocycles. The quantitative estimate of drug-likeness (QED) is 0.775. The van der Waals surface area contributed by atoms with Gasteiger partial charge in [0.15, 0.2) is 11.5 Å². The molecule has 0 aliphatic heterocycles. The van der Waals surface area contributed by atoms with Gasteiger partial charge in [0.1, 0.15) is 4.90 Å². The van der Waals surface area contributed by atoms with Crippen LogP contribution in [0.1, 0.15) is 11.4 Å². The van der Waals surface area contributed by atoms with Crippen LogP contribution in [-0.4, -0.2) is 14.6 Å². The fraction of sp³-hybridized carbons (Fsp3) is 0.143. The van der Waals surface area contributed by atoms with Crippen LogP contribution < -0.4 is 11.5 Å². The minimum atomic E-state index is 0.379. The average molecular weight is 320 g/mol. The van der Waals surface area contributed by atoms with E-state index in [2.05, 4.69) is 10.1 Å². The van der Waals surface area contributed by atoms with E-state index in [0.29, 0.717) is 17.4 Å². The molecule has 0 saturated carbocycles. The number of anilines is 1. The Bertz CT molecular complexity index is 814. The molecule has 2 aromatic heterocycles. The number of nitrogen functional groups attached to an aromatic ring is 1. The van der Waals surface area contributed by atoms with Crippen LogP contribution in [0.15, 0.2) is 40.1 Å². The van der Waals surface area contributed by atoms with E-state index in [0.717, 1.165) is 26.8 Å². The Kier molecular flexibility index (Phi) is 3.75. The largest absolute Gasteiger partial charge is 0.381 e. The minimum absolute atomic E-state index is 0.379. The maximum absolute atomic E-state index is 6.04. The summed E-state index contributed by atoms with van der Waals surface area (Å²) in [6.45, 7) is 2.33. The molecule has 0 amide bonds. The topological polar surface area (TPSA) is 82.2 Å². The fourth-order valence-electron chi connectivity index (χ4n) is 2.08. The van der Waals surface area contributed by atoms with Gasteiger partial charge >= 0.3 is 0 Å². The molecule has 21 heavy (non-hydrogen) atoms. The van der Waals surface area contributed by atoms with Gasteiger partial charge in [-0.05, 0) is 31.2 Å². The second-order valence-electron chi connectivity index (χ2n) is 4.60. The SMILES string of the molecule is Cc1cc(CN)nc2c(Sc3cccc(Cl)c3)c(N)nn12. The molecule has 0 bridgehead atoms. The van der Waals surface area contributed by atoms with Crippen LogP contribution >= 0.6 is 23.4 Å². The Balaban J connectivity index is 2.13. The highest BCUT2D eigenvalue weighted by Gasteiger charge is 2.15. The van der Waals surface area contributed by atoms with Gasteiger partial charge in [-0.25, -0.2) is 9.50 Å². The summed E-state index contributed by atoms with van der Waals surface area (Å²) >= 11 is 7.51. The number of benzene rings is 1. The van der Waals surface area contributed by atoms with Gasteiger partial charge in [-0.1, -0.05) is 29.4 Å². The number of aromatic nitrogens is 3. The Labute approximate surface area is 131 Å². The van der Waals surface area contributed by atoms with Crippen molar-refractivity contribution in [3.8, 4) is 0 Å². The highest BCUT2D eigenvalue weighted by molar-refractivity contribution is 7.99. The molecular weight excluding hydrogens is 306 g/mol. The third-order valence-electron chi connectivity index (χ3n) is 3.03. The highest BCUT2D eigenvalue weighted by Crippen LogP contribution is 2.35. The zero-order valence-corrected chi connectivity index (χ0v) is 12.9. The van der Waals surface area contributed by atoms with Crippen molar-refractivity contribution in [1.29, 1.82) is 0 Å². The van der Waals surface area contributed by atoms with Crippen molar-refractivity contribution in [3.05, 3.63) is 46.7 Å². The number of nitrogens with zero attached hydrogens (tertiary/aromatic N) is 3. The lowest BCUT2D eigenvalue weighted by Crippen LogP contribution is -2.04. The predicted molar refractivity (Wildman–Crippen MR) is 85.6 cm³/mol. The molecule has 0 spiro atoms. The minimum Gasteiger partial charge on any atom is -0.381 e. The lowest BCUT2D eigenvalue weighted by atomic mass is 10.3. The molecule has 0 unspecified atom stereocenters. The number of hydrogen-bond acceptors (Lipinski definition) is 5. The van der Waals surface area contributed by atoms with Crippen LogP contribution in [0.3, 0.4) is 0 Å². The maximum Gasteiger partial charge on any atom is 0.171 e. The first kappa shape index (κ1) is 14.2. The maximum atomic E-state index is 6.04. The van der Waals surface area contributed by atoms with Crippen LogP contribution in [0.2, 0.25) is 5.02 Å². The monoisotopic (exact) mass is 319 g/mol. The first-order valence-corrected chi connectivity index (χ1v) is 7.56. The standard InChI is InChI=1S/C14H14ClN5S/c1-8-5-10(7-16)18-14-12(13(17)19-20(8)14)21-11-4-2-3-9(15)6-11/h2-6H,7,16H2,1H3,(H2,17,19). The molecule has 108 valence electrons. The van der Waals surface area contributed by atoms with E-state index < -0.39 is 0 Å². The second-order valence-corrected chi connectivity index (χ2v) is 6.12. The van der Waals surface area contributed by atoms with Crippen molar-refractivity contribution in [2.75, 3.05) is 5.73 Å². The van der Waals surface area contributed by atoms with E-state index in [-0.39, 0.29) is 0 Å². The number of hydrogen-bond donors (Lipinski definition) is 2. The van der Waals surface area contributed by atoms with E-state index in [9.17, 15) is 0 Å². The molecule has 0 aliphatic rings. The van der Waals surface area contributed by atoms with E-state index in [1.807, 2.05) is 37.3 Å². The number of aryl methyl sites for hydroxylation is 1. The molecule has 2 heterocycles. The number of nitrogens with two attached hydrogens (primary N) is 2. The van der Waals surface area contributed by atoms with Crippen LogP contribution in [-0.2, 0) is 6.54 Å². The molecule has 1 aromatic carbocycles. The van der Waals surface area contributed by atoms with Gasteiger partial charge in [0, 0.05) is 22.2 Å². The average Bonchev–Trinajstić information content (AvgIpc) is 2.76. The van der Waals surface area contributed by atoms with Crippen LogP contribution in [0, 0.1) is 6.92 Å². The lowest BCUT2D eigenvalue weighted by molar-refractivity contribution is 0.869. The molecule has 7 heteroatoms. The van der Waals surface area contributed by atoms with E-state index >= 15 is 0 Å². The van der Waals surface area contributed by atoms with Crippen molar-refractivity contribution in [2.24, 2.45) is 5.73 Å². The number of rotatable bonds is 3. The van der Waals surface area contributed by atoms with Gasteiger partial charge in [-0.2, -0.15) is 0 Å². The normalized spacial score (nSPS) is 11.2. The van der Waals surface area contributed by atoms with E-state index in [1.54, 1.807) is 4.52 Å². The third-order valence-corrected chi connectivity index (χ3v) is 4.35. The summed E-state index contributed by atoms with van der Waals surface area (Å²) < 4.78 is 1.74. The summed E-state index contributed by atoms with van der Waals surface area (Å²) in [5, 5.41) is 5.03. The predicted octanol–water partition coefficient (Wildman–Crippen LogP) is 2.88. The summed E-state index contributed by atoms with van der Waals surface area (Å²) in [7, 11) is 0. The second kappa shape index (κ2) is 5.55. The van der Waals surface area contributed by atoms with Gasteiger partial charge in [0.2, 0.25) is 0 Å². The third kappa shape index (κ3) is 2.70. The number of fused-ring (bicyclic) bond motifs is 1. The van der Waals surface area contributed by atoms with Gasteiger partial charge in [0.25, 0.3) is 0 Å². The molecule has 0 fully saturated rings. The van der Waals surface area contributed by atoms with Crippen molar-refractivity contribution in [3.63, 3.8) is 0 Å². The fourth-order valence-corrected chi connectivity index (χ4v) is 3.27. The summed E-state index contributed by atoms with van der Waals surface area (Å²) in [5.74, 6) is 0.449. The lowest BCUT2D eigenvalue weighted by Gasteiger charge is -2.04. The van der Waals surface area contributed by atoms with Crippen LogP contribution in [0.5, 0.6) is 0 Å². The summed E-state index contributed by atoms with van der Waals surface area (Å²) in [6.07, 6.45) is 0. The zero-order chi connectivity index (χ0) is 15.0. The van der Waals surface area contributed by atoms with Gasteiger partial charge < -0.3 is 11.5 Å². The van der Waals surface area contributed by atoms with Crippen molar-refractivity contribution in [2.45, 2.75) is 23.3 Å². The molecule has 3 aromatic rings. The van der Waals surface area contributed by atoms with Gasteiger partial charge in [-0.15, -0.1) is 5.10 Å². The first-order valence-electron chi connectivity index (χ1n) is 6.36. The van der Waals surface area contributed by atoms with Crippen LogP contribution in [0.4, 0.5) is 5.82 Å². The Morgan fingerprint density at radius 3 is 2.86 bits per heavy atom. The zero-order valence-electron chi connectivity index (χ0n) is 11.4. The van der Waals surface area contributed by atoms with E-state index in [4.69, 9.17) is 23.1 Å². The van der Waals surface area contributed by atoms with Gasteiger partial charge in [-0.3, -0.25) is 0 Å². The summed E-state index contributed by atoms with van der Waals surface area (Å²) in [4.78, 5) is 6.34. The molecule has 4 N–H and O–H groups in total. The molecule has 5 nitrogen and oxygen atoms in total. The molecule has 0 radical (unpaired) electrons. The Morgan fingerprint density at radius 2 is 2.14 bits per heavy atom. The smallest absolute Gasteiger partial charge is 0.171 e. The molecule has 0 saturated heterocycles. The van der Waals surface area contributed by atoms with Crippen molar-refractivity contribution >= 4 is 34.8 Å². The molecular formula is C14H14ClN5S. The van der Waals surface area contributed by atoms with Crippen molar-refractivity contribution < 1.29 is 0 Å². The molecule has 0 atom stereocenters. The summed E-state index contributed by atoms with van der Waals surface area (Å²) in [6, 6.07) is 9.50. The first-order chi connectivity index (χ1) is 10.1. The summed E-state index contributed by atoms with van der Waals surface area (Å²) in [5.41, 5.74) is 14.2.